The van der Waals surface area contributed by atoms with Crippen LogP contribution in [-0.4, -0.2) is 29.1 Å². The molecule has 20 heavy (non-hydrogen) atoms. The van der Waals surface area contributed by atoms with Crippen molar-refractivity contribution in [3.63, 3.8) is 0 Å². The number of aliphatic hydroxyl groups is 1. The topological polar surface area (TPSA) is 40.5 Å². The molecule has 1 fully saturated rings. The fourth-order valence-electron chi connectivity index (χ4n) is 2.48. The van der Waals surface area contributed by atoms with Crippen molar-refractivity contribution in [2.45, 2.75) is 32.7 Å². The smallest absolute Gasteiger partial charge is 0.225 e. The monoisotopic (exact) mass is 271 g/mol. The average molecular weight is 271 g/mol. The second-order valence-electron chi connectivity index (χ2n) is 5.28. The number of piperidine rings is 1. The molecule has 106 valence electrons. The van der Waals surface area contributed by atoms with E-state index >= 15 is 0 Å². The summed E-state index contributed by atoms with van der Waals surface area (Å²) in [5, 5.41) is 8.72. The number of amides is 1. The summed E-state index contributed by atoms with van der Waals surface area (Å²) in [5.74, 6) is 6.35. The van der Waals surface area contributed by atoms with Crippen molar-refractivity contribution < 1.29 is 9.90 Å². The molecule has 1 amide bonds. The largest absolute Gasteiger partial charge is 0.395 e. The first kappa shape index (κ1) is 14.6. The predicted octanol–water partition coefficient (Wildman–Crippen LogP) is 2.18. The molecular formula is C17H21NO2. The number of carbonyl (C=O) groups excluding carboxylic acids is 1. The van der Waals surface area contributed by atoms with Gasteiger partial charge < -0.3 is 10.0 Å². The van der Waals surface area contributed by atoms with Crippen LogP contribution in [0, 0.1) is 17.8 Å². The van der Waals surface area contributed by atoms with Gasteiger partial charge in [0.05, 0.1) is 6.61 Å². The van der Waals surface area contributed by atoms with Gasteiger partial charge in [0.2, 0.25) is 5.91 Å². The van der Waals surface area contributed by atoms with E-state index in [4.69, 9.17) is 5.11 Å². The van der Waals surface area contributed by atoms with Crippen molar-refractivity contribution in [2.24, 2.45) is 5.92 Å². The molecule has 0 spiro atoms. The molecule has 0 bridgehead atoms. The normalized spacial score (nSPS) is 18.6. The van der Waals surface area contributed by atoms with E-state index in [0.29, 0.717) is 13.0 Å². The van der Waals surface area contributed by atoms with Crippen LogP contribution in [-0.2, 0) is 11.3 Å². The molecule has 1 aromatic rings. The van der Waals surface area contributed by atoms with Gasteiger partial charge in [0.1, 0.15) is 0 Å². The minimum absolute atomic E-state index is 0.0901. The first-order chi connectivity index (χ1) is 9.70. The van der Waals surface area contributed by atoms with Crippen molar-refractivity contribution in [1.82, 2.24) is 4.90 Å². The van der Waals surface area contributed by atoms with Gasteiger partial charge in [0.25, 0.3) is 0 Å². The van der Waals surface area contributed by atoms with Crippen LogP contribution < -0.4 is 0 Å². The summed E-state index contributed by atoms with van der Waals surface area (Å²) in [7, 11) is 0. The third kappa shape index (κ3) is 3.85. The summed E-state index contributed by atoms with van der Waals surface area (Å²) in [5.41, 5.74) is 2.05. The van der Waals surface area contributed by atoms with Crippen LogP contribution >= 0.6 is 0 Å². The quantitative estimate of drug-likeness (QED) is 0.856. The minimum atomic E-state index is 0.0901. The fourth-order valence-corrected chi connectivity index (χ4v) is 2.48. The zero-order valence-electron chi connectivity index (χ0n) is 11.9. The van der Waals surface area contributed by atoms with E-state index in [-0.39, 0.29) is 18.4 Å². The summed E-state index contributed by atoms with van der Waals surface area (Å²) in [4.78, 5) is 14.0. The Bertz CT molecular complexity index is 527. The molecule has 0 saturated carbocycles. The van der Waals surface area contributed by atoms with E-state index in [1.807, 2.05) is 36.1 Å². The van der Waals surface area contributed by atoms with Crippen LogP contribution in [0.15, 0.2) is 24.3 Å². The summed E-state index contributed by atoms with van der Waals surface area (Å²) in [6.07, 6.45) is 2.58. The third-order valence-corrected chi connectivity index (χ3v) is 3.57. The van der Waals surface area contributed by atoms with Crippen LogP contribution in [0.3, 0.4) is 0 Å². The van der Waals surface area contributed by atoms with Crippen LogP contribution in [0.4, 0.5) is 0 Å². The Balaban J connectivity index is 2.04. The maximum Gasteiger partial charge on any atom is 0.225 e. The van der Waals surface area contributed by atoms with Gasteiger partial charge in [-0.3, -0.25) is 4.79 Å². The zero-order chi connectivity index (χ0) is 14.4. The number of aliphatic hydroxyl groups excluding tert-OH is 1. The number of likely N-dealkylation sites (tertiary alicyclic amines) is 1. The highest BCUT2D eigenvalue weighted by Crippen LogP contribution is 2.19. The second kappa shape index (κ2) is 7.12. The van der Waals surface area contributed by atoms with E-state index in [2.05, 4.69) is 11.8 Å². The number of carbonyl (C=O) groups is 1. The Kier molecular flexibility index (Phi) is 5.20. The molecular weight excluding hydrogens is 250 g/mol. The van der Waals surface area contributed by atoms with Crippen LogP contribution in [0.25, 0.3) is 0 Å². The fraction of sp³-hybridized carbons (Fsp3) is 0.471. The van der Waals surface area contributed by atoms with Gasteiger partial charge >= 0.3 is 0 Å². The number of benzene rings is 1. The number of nitrogens with zero attached hydrogens (tertiary/aromatic N) is 1. The van der Waals surface area contributed by atoms with Gasteiger partial charge in [-0.2, -0.15) is 0 Å². The molecule has 0 aromatic heterocycles. The molecule has 1 saturated heterocycles. The summed E-state index contributed by atoms with van der Waals surface area (Å²) in [6, 6.07) is 7.98. The maximum atomic E-state index is 12.1. The Morgan fingerprint density at radius 2 is 2.30 bits per heavy atom. The van der Waals surface area contributed by atoms with Crippen LogP contribution in [0.5, 0.6) is 0 Å². The molecule has 3 heteroatoms. The van der Waals surface area contributed by atoms with Crippen molar-refractivity contribution in [3.8, 4) is 11.8 Å². The highest BCUT2D eigenvalue weighted by atomic mass is 16.2. The van der Waals surface area contributed by atoms with Crippen molar-refractivity contribution in [1.29, 1.82) is 0 Å². The van der Waals surface area contributed by atoms with Crippen molar-refractivity contribution >= 4 is 5.91 Å². The molecule has 1 aromatic carbocycles. The lowest BCUT2D eigenvalue weighted by molar-refractivity contribution is -0.138. The molecule has 1 aliphatic heterocycles. The van der Waals surface area contributed by atoms with Gasteiger partial charge in [-0.05, 0) is 30.5 Å². The van der Waals surface area contributed by atoms with Gasteiger partial charge in [0.15, 0.2) is 0 Å². The van der Waals surface area contributed by atoms with Crippen LogP contribution in [0.1, 0.15) is 37.3 Å². The Morgan fingerprint density at radius 1 is 1.45 bits per heavy atom. The van der Waals surface area contributed by atoms with E-state index in [1.165, 1.54) is 0 Å². The summed E-state index contributed by atoms with van der Waals surface area (Å²) < 4.78 is 0. The van der Waals surface area contributed by atoms with E-state index in [0.717, 1.165) is 30.5 Å². The summed E-state index contributed by atoms with van der Waals surface area (Å²) >= 11 is 0. The highest BCUT2D eigenvalue weighted by Gasteiger charge is 2.24. The Labute approximate surface area is 120 Å². The second-order valence-corrected chi connectivity index (χ2v) is 5.28. The third-order valence-electron chi connectivity index (χ3n) is 3.57. The lowest BCUT2D eigenvalue weighted by Gasteiger charge is -2.30. The van der Waals surface area contributed by atoms with Gasteiger partial charge in [0, 0.05) is 31.0 Å². The van der Waals surface area contributed by atoms with Gasteiger partial charge in [-0.15, -0.1) is 0 Å². The summed E-state index contributed by atoms with van der Waals surface area (Å²) in [6.45, 7) is 3.61. The number of hydrogen-bond acceptors (Lipinski definition) is 2. The molecule has 1 heterocycles. The lowest BCUT2D eigenvalue weighted by Crippen LogP contribution is -2.39. The lowest BCUT2D eigenvalue weighted by atomic mass is 9.98. The van der Waals surface area contributed by atoms with E-state index < -0.39 is 0 Å². The molecule has 0 aliphatic carbocycles. The molecule has 1 aliphatic rings. The van der Waals surface area contributed by atoms with Crippen LogP contribution in [0.2, 0.25) is 0 Å². The molecule has 1 atom stereocenters. The standard InChI is InChI=1S/C17H21NO2/c1-14-6-5-10-18(17(14)20)13-16-9-4-8-15(12-16)7-2-3-11-19/h4,8-9,12,14,19H,3,5-6,10-11,13H2,1H3. The van der Waals surface area contributed by atoms with Crippen molar-refractivity contribution in [3.05, 3.63) is 35.4 Å². The Morgan fingerprint density at radius 3 is 3.10 bits per heavy atom. The molecule has 1 N–H and O–H groups in total. The zero-order valence-corrected chi connectivity index (χ0v) is 11.9. The van der Waals surface area contributed by atoms with E-state index in [9.17, 15) is 4.79 Å². The highest BCUT2D eigenvalue weighted by molar-refractivity contribution is 5.79. The minimum Gasteiger partial charge on any atom is -0.395 e. The predicted molar refractivity (Wildman–Crippen MR) is 78.8 cm³/mol. The maximum absolute atomic E-state index is 12.1. The first-order valence-electron chi connectivity index (χ1n) is 7.18. The SMILES string of the molecule is CC1CCCN(Cc2cccc(C#CCCO)c2)C1=O. The van der Waals surface area contributed by atoms with Crippen molar-refractivity contribution in [2.75, 3.05) is 13.2 Å². The molecule has 0 radical (unpaired) electrons. The molecule has 1 unspecified atom stereocenters. The average Bonchev–Trinajstić information content (AvgIpc) is 2.45. The van der Waals surface area contributed by atoms with Gasteiger partial charge in [-0.25, -0.2) is 0 Å². The van der Waals surface area contributed by atoms with Gasteiger partial charge in [-0.1, -0.05) is 30.9 Å². The number of rotatable bonds is 3. The van der Waals surface area contributed by atoms with E-state index in [1.54, 1.807) is 0 Å². The number of hydrogen-bond donors (Lipinski definition) is 1. The first-order valence-corrected chi connectivity index (χ1v) is 7.18. The molecule has 2 rings (SSSR count). The molecule has 3 nitrogen and oxygen atoms in total. The Hall–Kier alpha value is -1.79.